The molecule has 3 aliphatic rings. The Kier molecular flexibility index (Phi) is 7.76. The van der Waals surface area contributed by atoms with Crippen molar-refractivity contribution in [3.63, 3.8) is 0 Å². The summed E-state index contributed by atoms with van der Waals surface area (Å²) in [7, 11) is 0. The fraction of sp³-hybridized carbons (Fsp3) is 0.500. The predicted molar refractivity (Wildman–Crippen MR) is 170 cm³/mol. The van der Waals surface area contributed by atoms with Gasteiger partial charge >= 0.3 is 5.97 Å². The van der Waals surface area contributed by atoms with Crippen molar-refractivity contribution in [1.29, 1.82) is 0 Å². The van der Waals surface area contributed by atoms with Crippen LogP contribution >= 0.6 is 11.6 Å². The number of hydrogen-bond donors (Lipinski definition) is 2. The number of aliphatic carboxylic acids is 1. The molecule has 6 rings (SSSR count). The number of fused-ring (bicyclic) bond motifs is 3. The smallest absolute Gasteiger partial charge is 0.329 e. The zero-order valence-electron chi connectivity index (χ0n) is 25.1. The molecule has 3 atom stereocenters. The third-order valence-electron chi connectivity index (χ3n) is 10.8. The molecule has 0 amide bonds. The molecule has 5 nitrogen and oxygen atoms in total. The molecule has 1 aromatic heterocycles. The number of nitrogens with one attached hydrogen (secondary N) is 1. The Balaban J connectivity index is 1.26. The molecule has 0 saturated heterocycles. The van der Waals surface area contributed by atoms with Crippen LogP contribution in [0.5, 0.6) is 0 Å². The third kappa shape index (κ3) is 5.08. The van der Waals surface area contributed by atoms with Gasteiger partial charge in [0, 0.05) is 40.3 Å². The quantitative estimate of drug-likeness (QED) is 0.295. The molecule has 0 bridgehead atoms. The van der Waals surface area contributed by atoms with Crippen LogP contribution < -0.4 is 10.7 Å². The first kappa shape index (κ1) is 29.0. The van der Waals surface area contributed by atoms with Gasteiger partial charge in [-0.15, -0.1) is 0 Å². The first-order valence-electron chi connectivity index (χ1n) is 15.7. The van der Waals surface area contributed by atoms with Gasteiger partial charge < -0.3 is 15.0 Å². The number of halogens is 1. The van der Waals surface area contributed by atoms with E-state index in [-0.39, 0.29) is 10.8 Å². The Morgan fingerprint density at radius 2 is 1.90 bits per heavy atom. The molecule has 0 radical (unpaired) electrons. The van der Waals surface area contributed by atoms with E-state index in [9.17, 15) is 14.7 Å². The van der Waals surface area contributed by atoms with E-state index < -0.39 is 11.5 Å². The summed E-state index contributed by atoms with van der Waals surface area (Å²) in [5.41, 5.74) is 5.96. The van der Waals surface area contributed by atoms with Gasteiger partial charge in [0.25, 0.3) is 0 Å². The number of benzene rings is 2. The van der Waals surface area contributed by atoms with Crippen LogP contribution in [-0.2, 0) is 29.6 Å². The van der Waals surface area contributed by atoms with Crippen molar-refractivity contribution in [3.8, 4) is 0 Å². The first-order valence-corrected chi connectivity index (χ1v) is 16.1. The van der Waals surface area contributed by atoms with Gasteiger partial charge in [0.2, 0.25) is 0 Å². The molecule has 1 heterocycles. The summed E-state index contributed by atoms with van der Waals surface area (Å²) in [4.78, 5) is 25.8. The fourth-order valence-electron chi connectivity index (χ4n) is 8.64. The van der Waals surface area contributed by atoms with Crippen LogP contribution in [0.1, 0.15) is 92.7 Å². The summed E-state index contributed by atoms with van der Waals surface area (Å²) in [6.07, 6.45) is 10.2. The number of rotatable bonds is 7. The van der Waals surface area contributed by atoms with Crippen molar-refractivity contribution in [2.45, 2.75) is 102 Å². The Bertz CT molecular complexity index is 1550. The number of nitrogens with zero attached hydrogens (tertiary/aromatic N) is 1. The highest BCUT2D eigenvalue weighted by Crippen LogP contribution is 2.56. The highest BCUT2D eigenvalue weighted by atomic mass is 35.5. The van der Waals surface area contributed by atoms with Crippen LogP contribution in [0.3, 0.4) is 0 Å². The van der Waals surface area contributed by atoms with Crippen molar-refractivity contribution in [2.75, 3.05) is 5.32 Å². The first-order chi connectivity index (χ1) is 20.1. The van der Waals surface area contributed by atoms with Crippen molar-refractivity contribution in [2.24, 2.45) is 11.8 Å². The van der Waals surface area contributed by atoms with Crippen LogP contribution in [0.15, 0.2) is 59.5 Å². The Labute approximate surface area is 254 Å². The van der Waals surface area contributed by atoms with E-state index in [0.29, 0.717) is 35.6 Å². The molecule has 0 aliphatic heterocycles. The maximum atomic E-state index is 13.0. The zero-order chi connectivity index (χ0) is 29.6. The van der Waals surface area contributed by atoms with Crippen molar-refractivity contribution < 1.29 is 9.90 Å². The second-order valence-corrected chi connectivity index (χ2v) is 14.0. The number of pyridine rings is 1. The molecule has 3 aliphatic carbocycles. The summed E-state index contributed by atoms with van der Waals surface area (Å²) in [6.45, 7) is 7.43. The maximum Gasteiger partial charge on any atom is 0.329 e. The summed E-state index contributed by atoms with van der Waals surface area (Å²) in [5.74, 6) is 0.423. The Morgan fingerprint density at radius 3 is 2.64 bits per heavy atom. The number of carbonyl (C=O) groups is 1. The second kappa shape index (κ2) is 11.2. The van der Waals surface area contributed by atoms with E-state index in [4.69, 9.17) is 11.6 Å². The molecule has 42 heavy (non-hydrogen) atoms. The maximum absolute atomic E-state index is 13.0. The highest BCUT2D eigenvalue weighted by molar-refractivity contribution is 6.30. The lowest BCUT2D eigenvalue weighted by molar-refractivity contribution is -0.144. The Hall–Kier alpha value is -3.05. The minimum absolute atomic E-state index is 0.0206. The SMILES string of the molecule is Cc1cn(C[C@H](C)C[C@H]2Cc3ccccc3C23CCC(Nc2cccc(Cl)c2)(C(=O)O)CC3)c2c(c1=O)[C@@H](C)CCC2. The molecular weight excluding hydrogens is 544 g/mol. The minimum Gasteiger partial charge on any atom is -0.480 e. The lowest BCUT2D eigenvalue weighted by atomic mass is 9.59. The number of aromatic nitrogens is 1. The van der Waals surface area contributed by atoms with E-state index in [0.717, 1.165) is 68.3 Å². The monoisotopic (exact) mass is 586 g/mol. The summed E-state index contributed by atoms with van der Waals surface area (Å²) in [5, 5.41) is 14.4. The van der Waals surface area contributed by atoms with Crippen LogP contribution in [0.4, 0.5) is 5.69 Å². The third-order valence-corrected chi connectivity index (χ3v) is 11.0. The molecule has 222 valence electrons. The normalized spacial score (nSPS) is 27.3. The van der Waals surface area contributed by atoms with Gasteiger partial charge in [0.05, 0.1) is 0 Å². The van der Waals surface area contributed by atoms with Crippen molar-refractivity contribution in [3.05, 3.63) is 97.9 Å². The van der Waals surface area contributed by atoms with Gasteiger partial charge in [-0.2, -0.15) is 0 Å². The fourth-order valence-corrected chi connectivity index (χ4v) is 8.83. The lowest BCUT2D eigenvalue weighted by Gasteiger charge is -2.47. The molecule has 1 saturated carbocycles. The van der Waals surface area contributed by atoms with E-state index in [2.05, 4.69) is 54.2 Å². The lowest BCUT2D eigenvalue weighted by Crippen LogP contribution is -2.53. The molecule has 1 fully saturated rings. The van der Waals surface area contributed by atoms with Gasteiger partial charge in [0.15, 0.2) is 5.43 Å². The van der Waals surface area contributed by atoms with Crippen molar-refractivity contribution >= 4 is 23.3 Å². The van der Waals surface area contributed by atoms with Gasteiger partial charge in [-0.1, -0.05) is 55.8 Å². The summed E-state index contributed by atoms with van der Waals surface area (Å²) < 4.78 is 2.40. The van der Waals surface area contributed by atoms with Gasteiger partial charge in [-0.3, -0.25) is 4.79 Å². The Morgan fingerprint density at radius 1 is 1.14 bits per heavy atom. The van der Waals surface area contributed by atoms with Crippen LogP contribution in [0.25, 0.3) is 0 Å². The predicted octanol–water partition coefficient (Wildman–Crippen LogP) is 7.90. The topological polar surface area (TPSA) is 71.3 Å². The molecule has 2 N–H and O–H groups in total. The van der Waals surface area contributed by atoms with E-state index in [1.807, 2.05) is 31.2 Å². The van der Waals surface area contributed by atoms with Crippen LogP contribution in [0.2, 0.25) is 5.02 Å². The number of carboxylic acid groups (broad SMARTS) is 1. The number of aryl methyl sites for hydroxylation is 1. The van der Waals surface area contributed by atoms with Crippen LogP contribution in [-0.4, -0.2) is 21.2 Å². The molecule has 3 aromatic rings. The number of hydrogen-bond acceptors (Lipinski definition) is 3. The van der Waals surface area contributed by atoms with E-state index >= 15 is 0 Å². The average molecular weight is 587 g/mol. The number of carboxylic acids is 1. The molecule has 6 heteroatoms. The van der Waals surface area contributed by atoms with Crippen LogP contribution in [0, 0.1) is 18.8 Å². The number of anilines is 1. The second-order valence-electron chi connectivity index (χ2n) is 13.5. The summed E-state index contributed by atoms with van der Waals surface area (Å²) in [6, 6.07) is 16.2. The van der Waals surface area contributed by atoms with Crippen molar-refractivity contribution in [1.82, 2.24) is 4.57 Å². The average Bonchev–Trinajstić information content (AvgIpc) is 3.25. The highest BCUT2D eigenvalue weighted by Gasteiger charge is 2.54. The van der Waals surface area contributed by atoms with E-state index in [1.165, 1.54) is 16.8 Å². The zero-order valence-corrected chi connectivity index (χ0v) is 25.8. The molecule has 1 spiro atoms. The minimum atomic E-state index is -1.01. The standard InChI is InChI=1S/C36H43ClN2O3/c1-23(21-39-22-25(3)33(40)32-24(2)8-6-13-31(32)39)18-27-19-26-9-4-5-12-30(26)35(27)14-16-36(17-15-35,34(41)42)38-29-11-7-10-28(37)20-29/h4-5,7,9-12,20,22-24,27,38H,6,8,13-19,21H2,1-3H3,(H,41,42)/t23-,24+,27+,35?,36?/m1/s1. The van der Waals surface area contributed by atoms with Gasteiger partial charge in [-0.05, 0) is 117 Å². The van der Waals surface area contributed by atoms with E-state index in [1.54, 1.807) is 0 Å². The molecular formula is C36H43ClN2O3. The van der Waals surface area contributed by atoms with Gasteiger partial charge in [-0.25, -0.2) is 4.79 Å². The molecule has 2 aromatic carbocycles. The largest absolute Gasteiger partial charge is 0.480 e. The molecule has 0 unspecified atom stereocenters. The van der Waals surface area contributed by atoms with Gasteiger partial charge in [0.1, 0.15) is 5.54 Å². The summed E-state index contributed by atoms with van der Waals surface area (Å²) >= 11 is 6.23.